The molecule has 0 aliphatic heterocycles. The summed E-state index contributed by atoms with van der Waals surface area (Å²) in [5.41, 5.74) is 0.640. The number of benzene rings is 2. The Kier molecular flexibility index (Phi) is 7.57. The molecular weight excluding hydrogens is 414 g/mol. The van der Waals surface area contributed by atoms with Crippen LogP contribution in [0.15, 0.2) is 53.3 Å². The molecule has 0 saturated carbocycles. The average molecular weight is 450 g/mol. The van der Waals surface area contributed by atoms with Crippen molar-refractivity contribution in [2.45, 2.75) is 60.4 Å². The smallest absolute Gasteiger partial charge is 0.266 e. The zero-order chi connectivity index (χ0) is 24.2. The van der Waals surface area contributed by atoms with Gasteiger partial charge in [-0.15, -0.1) is 0 Å². The summed E-state index contributed by atoms with van der Waals surface area (Å²) < 4.78 is 7.21. The van der Waals surface area contributed by atoms with Crippen molar-refractivity contribution in [3.63, 3.8) is 0 Å². The molecule has 176 valence electrons. The molecule has 1 aromatic heterocycles. The van der Waals surface area contributed by atoms with Gasteiger partial charge in [-0.2, -0.15) is 0 Å². The first-order valence-electron chi connectivity index (χ1n) is 11.7. The van der Waals surface area contributed by atoms with Gasteiger partial charge in [-0.1, -0.05) is 46.2 Å². The number of carbonyl (C=O) groups is 1. The molecule has 1 atom stereocenters. The maximum Gasteiger partial charge on any atom is 0.266 e. The molecule has 0 bridgehead atoms. The van der Waals surface area contributed by atoms with E-state index in [1.165, 1.54) is 0 Å². The van der Waals surface area contributed by atoms with Gasteiger partial charge in [-0.25, -0.2) is 4.98 Å². The van der Waals surface area contributed by atoms with Crippen LogP contribution in [-0.2, 0) is 4.79 Å². The monoisotopic (exact) mass is 449 g/mol. The standard InChI is InChI=1S/C27H35N3O3/c1-7-9-18-29(26(32)27(4,5)6)19(3)24-28-23-13-11-10-12-22(23)25(31)30(24)20-14-16-21(17-15-20)33-8-2/h10-17,19H,7-9,18H2,1-6H3. The predicted molar refractivity (Wildman–Crippen MR) is 133 cm³/mol. The molecule has 0 aliphatic carbocycles. The lowest BCUT2D eigenvalue weighted by Gasteiger charge is -2.35. The van der Waals surface area contributed by atoms with E-state index in [0.717, 1.165) is 18.6 Å². The van der Waals surface area contributed by atoms with Gasteiger partial charge in [0.05, 0.1) is 29.2 Å². The van der Waals surface area contributed by atoms with Crippen LogP contribution in [0.3, 0.4) is 0 Å². The van der Waals surface area contributed by atoms with Crippen LogP contribution in [0.25, 0.3) is 16.6 Å². The normalized spacial score (nSPS) is 12.5. The second-order valence-electron chi connectivity index (χ2n) is 9.33. The summed E-state index contributed by atoms with van der Waals surface area (Å²) in [6.07, 6.45) is 1.85. The molecule has 0 N–H and O–H groups in total. The Balaban J connectivity index is 2.22. The second-order valence-corrected chi connectivity index (χ2v) is 9.33. The van der Waals surface area contributed by atoms with Crippen LogP contribution in [0, 0.1) is 5.41 Å². The lowest BCUT2D eigenvalue weighted by atomic mass is 9.93. The summed E-state index contributed by atoms with van der Waals surface area (Å²) in [4.78, 5) is 33.8. The predicted octanol–water partition coefficient (Wildman–Crippen LogP) is 5.52. The number of rotatable bonds is 8. The number of para-hydroxylation sites is 1. The van der Waals surface area contributed by atoms with Crippen LogP contribution in [0.4, 0.5) is 0 Å². The molecule has 0 saturated heterocycles. The van der Waals surface area contributed by atoms with Crippen LogP contribution in [0.5, 0.6) is 5.75 Å². The molecular formula is C27H35N3O3. The average Bonchev–Trinajstić information content (AvgIpc) is 2.79. The molecule has 0 radical (unpaired) electrons. The van der Waals surface area contributed by atoms with E-state index < -0.39 is 5.41 Å². The Morgan fingerprint density at radius 3 is 2.36 bits per heavy atom. The van der Waals surface area contributed by atoms with Crippen LogP contribution < -0.4 is 10.3 Å². The first-order valence-corrected chi connectivity index (χ1v) is 11.7. The van der Waals surface area contributed by atoms with Gasteiger partial charge in [-0.3, -0.25) is 14.2 Å². The van der Waals surface area contributed by atoms with Crippen LogP contribution in [-0.4, -0.2) is 33.5 Å². The van der Waals surface area contributed by atoms with Gasteiger partial charge >= 0.3 is 0 Å². The van der Waals surface area contributed by atoms with Gasteiger partial charge in [0.15, 0.2) is 0 Å². The summed E-state index contributed by atoms with van der Waals surface area (Å²) in [5.74, 6) is 1.34. The molecule has 1 heterocycles. The van der Waals surface area contributed by atoms with Crippen molar-refractivity contribution in [2.75, 3.05) is 13.2 Å². The van der Waals surface area contributed by atoms with Crippen molar-refractivity contribution in [3.05, 3.63) is 64.7 Å². The Morgan fingerprint density at radius 1 is 1.09 bits per heavy atom. The molecule has 2 aromatic carbocycles. The van der Waals surface area contributed by atoms with Gasteiger partial charge < -0.3 is 9.64 Å². The SMILES string of the molecule is CCCCN(C(=O)C(C)(C)C)C(C)c1nc2ccccc2c(=O)n1-c1ccc(OCC)cc1. The molecule has 1 amide bonds. The van der Waals surface area contributed by atoms with Crippen molar-refractivity contribution in [2.24, 2.45) is 5.41 Å². The van der Waals surface area contributed by atoms with E-state index in [1.807, 2.05) is 82.0 Å². The minimum atomic E-state index is -0.539. The molecule has 0 fully saturated rings. The van der Waals surface area contributed by atoms with Gasteiger partial charge in [0.1, 0.15) is 11.6 Å². The minimum absolute atomic E-state index is 0.0455. The van der Waals surface area contributed by atoms with Gasteiger partial charge in [0.2, 0.25) is 5.91 Å². The Labute approximate surface area is 196 Å². The number of carbonyl (C=O) groups excluding carboxylic acids is 1. The van der Waals surface area contributed by atoms with Crippen LogP contribution in [0.2, 0.25) is 0 Å². The highest BCUT2D eigenvalue weighted by atomic mass is 16.5. The number of nitrogens with zero attached hydrogens (tertiary/aromatic N) is 3. The summed E-state index contributed by atoms with van der Waals surface area (Å²) in [5, 5.41) is 0.546. The molecule has 3 rings (SSSR count). The second kappa shape index (κ2) is 10.2. The lowest BCUT2D eigenvalue weighted by molar-refractivity contribution is -0.142. The number of ether oxygens (including phenoxy) is 1. The van der Waals surface area contributed by atoms with E-state index in [0.29, 0.717) is 35.6 Å². The van der Waals surface area contributed by atoms with Gasteiger partial charge in [-0.05, 0) is 56.7 Å². The highest BCUT2D eigenvalue weighted by molar-refractivity contribution is 5.82. The zero-order valence-corrected chi connectivity index (χ0v) is 20.6. The van der Waals surface area contributed by atoms with Gasteiger partial charge in [0.25, 0.3) is 5.56 Å². The first-order chi connectivity index (χ1) is 15.7. The van der Waals surface area contributed by atoms with Crippen molar-refractivity contribution in [1.29, 1.82) is 0 Å². The third-order valence-corrected chi connectivity index (χ3v) is 5.70. The summed E-state index contributed by atoms with van der Waals surface area (Å²) in [7, 11) is 0. The molecule has 0 aliphatic rings. The fourth-order valence-electron chi connectivity index (χ4n) is 3.91. The topological polar surface area (TPSA) is 64.4 Å². The zero-order valence-electron chi connectivity index (χ0n) is 20.6. The minimum Gasteiger partial charge on any atom is -0.494 e. The summed E-state index contributed by atoms with van der Waals surface area (Å²) in [6.45, 7) is 13.0. The van der Waals surface area contributed by atoms with Crippen molar-refractivity contribution >= 4 is 16.8 Å². The molecule has 1 unspecified atom stereocenters. The maximum absolute atomic E-state index is 13.7. The largest absolute Gasteiger partial charge is 0.494 e. The van der Waals surface area contributed by atoms with E-state index >= 15 is 0 Å². The van der Waals surface area contributed by atoms with Crippen molar-refractivity contribution in [3.8, 4) is 11.4 Å². The fourth-order valence-corrected chi connectivity index (χ4v) is 3.91. The first kappa shape index (κ1) is 24.5. The van der Waals surface area contributed by atoms with Crippen LogP contribution in [0.1, 0.15) is 66.3 Å². The van der Waals surface area contributed by atoms with E-state index in [1.54, 1.807) is 10.6 Å². The number of aromatic nitrogens is 2. The number of amides is 1. The molecule has 6 nitrogen and oxygen atoms in total. The Morgan fingerprint density at radius 2 is 1.76 bits per heavy atom. The molecule has 0 spiro atoms. The fraction of sp³-hybridized carbons (Fsp3) is 0.444. The van der Waals surface area contributed by atoms with E-state index in [9.17, 15) is 9.59 Å². The van der Waals surface area contributed by atoms with E-state index in [4.69, 9.17) is 9.72 Å². The van der Waals surface area contributed by atoms with Gasteiger partial charge in [0, 0.05) is 12.0 Å². The summed E-state index contributed by atoms with van der Waals surface area (Å²) in [6, 6.07) is 14.4. The number of fused-ring (bicyclic) bond motifs is 1. The van der Waals surface area contributed by atoms with E-state index in [-0.39, 0.29) is 17.5 Å². The number of unbranched alkanes of at least 4 members (excludes halogenated alkanes) is 1. The van der Waals surface area contributed by atoms with Crippen LogP contribution >= 0.6 is 0 Å². The quantitative estimate of drug-likeness (QED) is 0.454. The number of hydrogen-bond donors (Lipinski definition) is 0. The maximum atomic E-state index is 13.7. The molecule has 33 heavy (non-hydrogen) atoms. The Hall–Kier alpha value is -3.15. The molecule has 3 aromatic rings. The third-order valence-electron chi connectivity index (χ3n) is 5.70. The number of hydrogen-bond acceptors (Lipinski definition) is 4. The lowest BCUT2D eigenvalue weighted by Crippen LogP contribution is -2.43. The Bertz CT molecular complexity index is 1160. The third kappa shape index (κ3) is 5.27. The van der Waals surface area contributed by atoms with Crippen molar-refractivity contribution < 1.29 is 9.53 Å². The van der Waals surface area contributed by atoms with E-state index in [2.05, 4.69) is 6.92 Å². The highest BCUT2D eigenvalue weighted by Gasteiger charge is 2.32. The highest BCUT2D eigenvalue weighted by Crippen LogP contribution is 2.28. The van der Waals surface area contributed by atoms with Crippen molar-refractivity contribution in [1.82, 2.24) is 14.5 Å². The molecule has 6 heteroatoms. The summed E-state index contributed by atoms with van der Waals surface area (Å²) >= 11 is 0.